The number of hydrogen-bond donors (Lipinski definition) is 3. The second kappa shape index (κ2) is 10.2. The Morgan fingerprint density at radius 1 is 1.21 bits per heavy atom. The quantitative estimate of drug-likeness (QED) is 0.533. The first-order chi connectivity index (χ1) is 15.9. The van der Waals surface area contributed by atoms with Gasteiger partial charge in [0.2, 0.25) is 0 Å². The van der Waals surface area contributed by atoms with Crippen LogP contribution in [0, 0.1) is 12.3 Å². The third kappa shape index (κ3) is 5.55. The first-order valence-corrected chi connectivity index (χ1v) is 12.2. The minimum Gasteiger partial charge on any atom is -0.399 e. The molecule has 1 aromatic heterocycles. The number of thiophene rings is 1. The third-order valence-corrected chi connectivity index (χ3v) is 7.05. The van der Waals surface area contributed by atoms with Gasteiger partial charge in [-0.3, -0.25) is 10.2 Å². The van der Waals surface area contributed by atoms with Gasteiger partial charge in [0.15, 0.2) is 5.06 Å². The first kappa shape index (κ1) is 23.7. The van der Waals surface area contributed by atoms with Crippen molar-refractivity contribution in [3.05, 3.63) is 39.7 Å². The van der Waals surface area contributed by atoms with Crippen molar-refractivity contribution in [2.45, 2.75) is 25.3 Å². The van der Waals surface area contributed by atoms with E-state index in [0.29, 0.717) is 55.8 Å². The maximum Gasteiger partial charge on any atom is 0.414 e. The summed E-state index contributed by atoms with van der Waals surface area (Å²) in [5, 5.41) is 14.3. The van der Waals surface area contributed by atoms with Crippen molar-refractivity contribution in [3.63, 3.8) is 0 Å². The largest absolute Gasteiger partial charge is 0.414 e. The maximum atomic E-state index is 13.2. The van der Waals surface area contributed by atoms with Gasteiger partial charge in [-0.05, 0) is 58.7 Å². The molecule has 2 amide bonds. The van der Waals surface area contributed by atoms with Gasteiger partial charge in [-0.1, -0.05) is 11.3 Å². The van der Waals surface area contributed by atoms with Crippen LogP contribution in [-0.2, 0) is 14.3 Å². The van der Waals surface area contributed by atoms with Gasteiger partial charge in [0.25, 0.3) is 5.91 Å². The first-order valence-electron chi connectivity index (χ1n) is 10.5. The lowest BCUT2D eigenvalue weighted by Gasteiger charge is -2.28. The Bertz CT molecular complexity index is 1050. The summed E-state index contributed by atoms with van der Waals surface area (Å²) in [4.78, 5) is 27.6. The maximum absolute atomic E-state index is 13.2. The topological polar surface area (TPSA) is 113 Å². The average molecular weight is 537 g/mol. The molecule has 176 valence electrons. The van der Waals surface area contributed by atoms with E-state index in [0.717, 1.165) is 15.0 Å². The van der Waals surface area contributed by atoms with Crippen LogP contribution in [0.15, 0.2) is 34.1 Å². The molecule has 2 saturated heterocycles. The van der Waals surface area contributed by atoms with E-state index in [1.807, 2.05) is 24.0 Å². The lowest BCUT2D eigenvalue weighted by atomic mass is 9.97. The number of amidine groups is 1. The van der Waals surface area contributed by atoms with Gasteiger partial charge in [-0.15, -0.1) is 0 Å². The molecule has 1 unspecified atom stereocenters. The molecule has 2 fully saturated rings. The zero-order valence-corrected chi connectivity index (χ0v) is 20.5. The van der Waals surface area contributed by atoms with Crippen molar-refractivity contribution in [2.24, 2.45) is 0 Å². The smallest absolute Gasteiger partial charge is 0.399 e. The highest BCUT2D eigenvalue weighted by molar-refractivity contribution is 9.11. The Balaban J connectivity index is 1.45. The molecule has 0 saturated carbocycles. The zero-order chi connectivity index (χ0) is 23.4. The van der Waals surface area contributed by atoms with Crippen LogP contribution >= 0.6 is 27.3 Å². The zero-order valence-electron chi connectivity index (χ0n) is 18.1. The number of amides is 2. The molecule has 2 aliphatic rings. The Hall–Kier alpha value is -2.47. The van der Waals surface area contributed by atoms with Crippen molar-refractivity contribution in [1.29, 1.82) is 5.41 Å². The molecule has 0 radical (unpaired) electrons. The summed E-state index contributed by atoms with van der Waals surface area (Å²) in [6.07, 6.45) is 0.188. The van der Waals surface area contributed by atoms with Gasteiger partial charge in [0.05, 0.1) is 23.6 Å². The predicted molar refractivity (Wildman–Crippen MR) is 130 cm³/mol. The molecule has 3 N–H and O–H groups in total. The van der Waals surface area contributed by atoms with Crippen LogP contribution in [0.5, 0.6) is 5.06 Å². The summed E-state index contributed by atoms with van der Waals surface area (Å²) in [6, 6.07) is 8.99. The highest BCUT2D eigenvalue weighted by Crippen LogP contribution is 2.30. The van der Waals surface area contributed by atoms with Gasteiger partial charge in [-0.2, -0.15) is 0 Å². The molecule has 0 bridgehead atoms. The highest BCUT2D eigenvalue weighted by atomic mass is 79.9. The molecular weight excluding hydrogens is 512 g/mol. The Kier molecular flexibility index (Phi) is 7.32. The van der Waals surface area contributed by atoms with Crippen LogP contribution in [0.25, 0.3) is 0 Å². The molecule has 0 spiro atoms. The van der Waals surface area contributed by atoms with Crippen LogP contribution in [0.2, 0.25) is 0 Å². The van der Waals surface area contributed by atoms with Crippen LogP contribution in [0.1, 0.15) is 18.4 Å². The van der Waals surface area contributed by atoms with Crippen molar-refractivity contribution < 1.29 is 23.8 Å². The molecule has 1 aromatic carbocycles. The lowest BCUT2D eigenvalue weighted by Crippen LogP contribution is -2.58. The molecule has 0 aliphatic carbocycles. The fraction of sp³-hybridized carbons (Fsp3) is 0.409. The Labute approximate surface area is 204 Å². The highest BCUT2D eigenvalue weighted by Gasteiger charge is 2.44. The number of benzene rings is 1. The van der Waals surface area contributed by atoms with E-state index in [9.17, 15) is 9.59 Å². The molecule has 3 heterocycles. The van der Waals surface area contributed by atoms with Crippen LogP contribution in [-0.4, -0.2) is 56.3 Å². The molecule has 2 aliphatic heterocycles. The summed E-state index contributed by atoms with van der Waals surface area (Å²) >= 11 is 4.60. The number of nitrogens with one attached hydrogen (secondary N) is 3. The van der Waals surface area contributed by atoms with Gasteiger partial charge >= 0.3 is 6.09 Å². The summed E-state index contributed by atoms with van der Waals surface area (Å²) in [5.74, 6) is 0.141. The molecule has 33 heavy (non-hydrogen) atoms. The number of rotatable bonds is 5. The summed E-state index contributed by atoms with van der Waals surface area (Å²) < 4.78 is 17.1. The number of aryl methyl sites for hydroxylation is 1. The fourth-order valence-electron chi connectivity index (χ4n) is 3.81. The fourth-order valence-corrected chi connectivity index (χ4v) is 5.01. The molecular formula is C22H25BrN4O5S. The van der Waals surface area contributed by atoms with Gasteiger partial charge in [0, 0.05) is 37.4 Å². The van der Waals surface area contributed by atoms with Gasteiger partial charge < -0.3 is 29.7 Å². The normalized spacial score (nSPS) is 20.9. The number of anilines is 2. The lowest BCUT2D eigenvalue weighted by molar-refractivity contribution is -0.122. The van der Waals surface area contributed by atoms with Crippen LogP contribution < -0.4 is 20.3 Å². The van der Waals surface area contributed by atoms with E-state index in [2.05, 4.69) is 26.6 Å². The second-order valence-corrected chi connectivity index (χ2v) is 10.3. The van der Waals surface area contributed by atoms with Crippen molar-refractivity contribution in [1.82, 2.24) is 5.32 Å². The molecule has 2 aromatic rings. The van der Waals surface area contributed by atoms with Gasteiger partial charge in [0.1, 0.15) is 11.4 Å². The summed E-state index contributed by atoms with van der Waals surface area (Å²) in [7, 11) is 0. The number of hydrogen-bond acceptors (Lipinski definition) is 7. The molecule has 9 nitrogen and oxygen atoms in total. The monoisotopic (exact) mass is 536 g/mol. The van der Waals surface area contributed by atoms with E-state index in [1.54, 1.807) is 18.2 Å². The van der Waals surface area contributed by atoms with Gasteiger partial charge in [-0.25, -0.2) is 4.79 Å². The van der Waals surface area contributed by atoms with E-state index in [1.165, 1.54) is 11.3 Å². The Morgan fingerprint density at radius 2 is 2.06 bits per heavy atom. The standard InChI is InChI=1S/C22H25BrN4O5S/c1-14-12-15(2-3-16(14)27-8-11-30-9-6-18(27)24)25-20(28)22(7-10-31-13-22)26-21(29)32-19-5-4-17(23)33-19/h2-5,12,24H,6-11,13H2,1H3,(H,25,28)(H,26,29). The number of halogens is 1. The van der Waals surface area contributed by atoms with Crippen LogP contribution in [0.4, 0.5) is 16.2 Å². The van der Waals surface area contributed by atoms with Crippen molar-refractivity contribution >= 4 is 56.5 Å². The number of carbonyl (C=O) groups excluding carboxylic acids is 2. The number of nitrogens with zero attached hydrogens (tertiary/aromatic N) is 1. The van der Waals surface area contributed by atoms with E-state index in [4.69, 9.17) is 19.6 Å². The van der Waals surface area contributed by atoms with Crippen LogP contribution in [0.3, 0.4) is 0 Å². The SMILES string of the molecule is Cc1cc(NC(=O)C2(NC(=O)Oc3ccc(Br)s3)CCOC2)ccc1N1CCOCCC1=N. The van der Waals surface area contributed by atoms with Crippen molar-refractivity contribution in [3.8, 4) is 5.06 Å². The minimum atomic E-state index is -1.22. The number of carbonyl (C=O) groups is 2. The molecule has 11 heteroatoms. The minimum absolute atomic E-state index is 0.0596. The van der Waals surface area contributed by atoms with Crippen molar-refractivity contribution in [2.75, 3.05) is 43.2 Å². The second-order valence-electron chi connectivity index (χ2n) is 7.87. The molecule has 4 rings (SSSR count). The molecule has 1 atom stereocenters. The predicted octanol–water partition coefficient (Wildman–Crippen LogP) is 3.91. The number of ether oxygens (including phenoxy) is 3. The summed E-state index contributed by atoms with van der Waals surface area (Å²) in [6.45, 7) is 4.07. The third-order valence-electron chi connectivity index (χ3n) is 5.55. The van der Waals surface area contributed by atoms with E-state index >= 15 is 0 Å². The van der Waals surface area contributed by atoms with E-state index < -0.39 is 11.6 Å². The summed E-state index contributed by atoms with van der Waals surface area (Å²) in [5.41, 5.74) is 1.21. The Morgan fingerprint density at radius 3 is 2.76 bits per heavy atom. The van der Waals surface area contributed by atoms with E-state index in [-0.39, 0.29) is 12.5 Å². The average Bonchev–Trinajstić information content (AvgIpc) is 3.35.